The Morgan fingerprint density at radius 2 is 1.91 bits per heavy atom. The van der Waals surface area contributed by atoms with Crippen molar-refractivity contribution >= 4 is 11.8 Å². The summed E-state index contributed by atoms with van der Waals surface area (Å²) in [4.78, 5) is 25.0. The third kappa shape index (κ3) is 4.18. The van der Waals surface area contributed by atoms with Crippen molar-refractivity contribution in [1.82, 2.24) is 9.47 Å². The lowest BCUT2D eigenvalue weighted by Crippen LogP contribution is -2.40. The summed E-state index contributed by atoms with van der Waals surface area (Å²) in [6, 6.07) is 7.85. The summed E-state index contributed by atoms with van der Waals surface area (Å²) in [5.41, 5.74) is 5.75. The Morgan fingerprint density at radius 3 is 2.43 bits per heavy atom. The van der Waals surface area contributed by atoms with Gasteiger partial charge in [0.1, 0.15) is 5.82 Å². The molecule has 2 amide bonds. The molecule has 0 radical (unpaired) electrons. The van der Waals surface area contributed by atoms with Gasteiger partial charge in [-0.25, -0.2) is 4.39 Å². The van der Waals surface area contributed by atoms with Gasteiger partial charge in [0.2, 0.25) is 5.91 Å². The highest BCUT2D eigenvalue weighted by Crippen LogP contribution is 2.17. The van der Waals surface area contributed by atoms with E-state index in [-0.39, 0.29) is 18.0 Å². The molecule has 0 aliphatic heterocycles. The van der Waals surface area contributed by atoms with E-state index in [1.807, 2.05) is 13.8 Å². The molecule has 1 heterocycles. The van der Waals surface area contributed by atoms with Gasteiger partial charge < -0.3 is 15.2 Å². The van der Waals surface area contributed by atoms with Gasteiger partial charge in [-0.2, -0.15) is 0 Å². The standard InChI is InChI=1S/C17H20FN3O2/c1-12(2)10-21(11-16(19)22)17(23)13-5-6-15(14(18)9-13)20-7-3-4-8-20/h3-9,12H,10-11H2,1-2H3,(H2,19,22). The zero-order chi connectivity index (χ0) is 17.0. The Labute approximate surface area is 134 Å². The van der Waals surface area contributed by atoms with Gasteiger partial charge in [0.15, 0.2) is 0 Å². The molecule has 0 bridgehead atoms. The number of hydrogen-bond donors (Lipinski definition) is 1. The average Bonchev–Trinajstić information content (AvgIpc) is 2.98. The largest absolute Gasteiger partial charge is 0.368 e. The highest BCUT2D eigenvalue weighted by molar-refractivity contribution is 5.96. The first-order chi connectivity index (χ1) is 10.9. The minimum Gasteiger partial charge on any atom is -0.368 e. The van der Waals surface area contributed by atoms with Crippen molar-refractivity contribution in [3.63, 3.8) is 0 Å². The van der Waals surface area contributed by atoms with Crippen molar-refractivity contribution in [2.75, 3.05) is 13.1 Å². The second-order valence-electron chi connectivity index (χ2n) is 5.80. The van der Waals surface area contributed by atoms with Crippen molar-refractivity contribution in [2.45, 2.75) is 13.8 Å². The summed E-state index contributed by atoms with van der Waals surface area (Å²) in [6.07, 6.45) is 3.44. The predicted octanol–water partition coefficient (Wildman–Crippen LogP) is 2.20. The number of hydrogen-bond acceptors (Lipinski definition) is 2. The summed E-state index contributed by atoms with van der Waals surface area (Å²) in [6.45, 7) is 4.05. The molecule has 1 aromatic heterocycles. The van der Waals surface area contributed by atoms with E-state index in [0.29, 0.717) is 12.2 Å². The van der Waals surface area contributed by atoms with Gasteiger partial charge in [0, 0.05) is 24.5 Å². The fraction of sp³-hybridized carbons (Fsp3) is 0.294. The molecule has 0 saturated carbocycles. The molecule has 0 spiro atoms. The SMILES string of the molecule is CC(C)CN(CC(N)=O)C(=O)c1ccc(-n2cccc2)c(F)c1. The molecule has 5 nitrogen and oxygen atoms in total. The van der Waals surface area contributed by atoms with Crippen molar-refractivity contribution in [3.05, 3.63) is 54.1 Å². The number of carbonyl (C=O) groups is 2. The van der Waals surface area contributed by atoms with Gasteiger partial charge in [0.25, 0.3) is 5.91 Å². The Hall–Kier alpha value is -2.63. The van der Waals surface area contributed by atoms with Gasteiger partial charge >= 0.3 is 0 Å². The van der Waals surface area contributed by atoms with Crippen LogP contribution in [0.5, 0.6) is 0 Å². The third-order valence-corrected chi connectivity index (χ3v) is 3.30. The maximum Gasteiger partial charge on any atom is 0.254 e. The van der Waals surface area contributed by atoms with Crippen LogP contribution in [-0.2, 0) is 4.79 Å². The first-order valence-electron chi connectivity index (χ1n) is 7.39. The van der Waals surface area contributed by atoms with Crippen molar-refractivity contribution in [3.8, 4) is 5.69 Å². The molecule has 2 N–H and O–H groups in total. The number of benzene rings is 1. The highest BCUT2D eigenvalue weighted by Gasteiger charge is 2.20. The minimum absolute atomic E-state index is 0.169. The fourth-order valence-electron chi connectivity index (χ4n) is 2.38. The van der Waals surface area contributed by atoms with E-state index in [2.05, 4.69) is 0 Å². The normalized spacial score (nSPS) is 10.8. The maximum atomic E-state index is 14.3. The lowest BCUT2D eigenvalue weighted by Gasteiger charge is -2.23. The van der Waals surface area contributed by atoms with E-state index < -0.39 is 17.6 Å². The van der Waals surface area contributed by atoms with Crippen LogP contribution in [0.15, 0.2) is 42.7 Å². The lowest BCUT2D eigenvalue weighted by atomic mass is 10.1. The molecule has 2 rings (SSSR count). The molecule has 0 saturated heterocycles. The van der Waals surface area contributed by atoms with Gasteiger partial charge in [-0.15, -0.1) is 0 Å². The Bertz CT molecular complexity index is 696. The highest BCUT2D eigenvalue weighted by atomic mass is 19.1. The number of nitrogens with zero attached hydrogens (tertiary/aromatic N) is 2. The number of amides is 2. The lowest BCUT2D eigenvalue weighted by molar-refractivity contribution is -0.118. The number of primary amides is 1. The van der Waals surface area contributed by atoms with Crippen LogP contribution in [0, 0.1) is 11.7 Å². The molecular weight excluding hydrogens is 297 g/mol. The van der Waals surface area contributed by atoms with Crippen LogP contribution in [0.3, 0.4) is 0 Å². The summed E-state index contributed by atoms with van der Waals surface area (Å²) >= 11 is 0. The Balaban J connectivity index is 2.27. The van der Waals surface area contributed by atoms with E-state index in [1.54, 1.807) is 41.2 Å². The number of rotatable bonds is 6. The topological polar surface area (TPSA) is 68.3 Å². The first kappa shape index (κ1) is 16.7. The van der Waals surface area contributed by atoms with Gasteiger partial charge in [-0.1, -0.05) is 13.8 Å². The smallest absolute Gasteiger partial charge is 0.254 e. The third-order valence-electron chi connectivity index (χ3n) is 3.30. The molecule has 0 aliphatic carbocycles. The van der Waals surface area contributed by atoms with Crippen LogP contribution in [0.1, 0.15) is 24.2 Å². The van der Waals surface area contributed by atoms with Crippen molar-refractivity contribution < 1.29 is 14.0 Å². The van der Waals surface area contributed by atoms with Crippen LogP contribution in [0.4, 0.5) is 4.39 Å². The molecule has 2 aromatic rings. The number of halogens is 1. The molecule has 0 atom stereocenters. The number of nitrogens with two attached hydrogens (primary N) is 1. The number of aromatic nitrogens is 1. The fourth-order valence-corrected chi connectivity index (χ4v) is 2.38. The Morgan fingerprint density at radius 1 is 1.26 bits per heavy atom. The van der Waals surface area contributed by atoms with E-state index in [1.165, 1.54) is 11.0 Å². The molecule has 122 valence electrons. The second kappa shape index (κ2) is 7.09. The summed E-state index contributed by atoms with van der Waals surface area (Å²) in [7, 11) is 0. The van der Waals surface area contributed by atoms with Gasteiger partial charge in [-0.3, -0.25) is 9.59 Å². The van der Waals surface area contributed by atoms with E-state index in [4.69, 9.17) is 5.73 Å². The second-order valence-corrected chi connectivity index (χ2v) is 5.80. The zero-order valence-corrected chi connectivity index (χ0v) is 13.2. The molecule has 0 fully saturated rings. The molecular formula is C17H20FN3O2. The van der Waals surface area contributed by atoms with Gasteiger partial charge in [-0.05, 0) is 36.2 Å². The minimum atomic E-state index is -0.594. The van der Waals surface area contributed by atoms with E-state index in [0.717, 1.165) is 0 Å². The quantitative estimate of drug-likeness (QED) is 0.887. The summed E-state index contributed by atoms with van der Waals surface area (Å²) in [5.74, 6) is -1.34. The zero-order valence-electron chi connectivity index (χ0n) is 13.2. The van der Waals surface area contributed by atoms with E-state index >= 15 is 0 Å². The molecule has 6 heteroatoms. The monoisotopic (exact) mass is 317 g/mol. The summed E-state index contributed by atoms with van der Waals surface area (Å²) < 4.78 is 15.9. The summed E-state index contributed by atoms with van der Waals surface area (Å²) in [5, 5.41) is 0. The number of carbonyl (C=O) groups excluding carboxylic acids is 2. The van der Waals surface area contributed by atoms with E-state index in [9.17, 15) is 14.0 Å². The molecule has 23 heavy (non-hydrogen) atoms. The van der Waals surface area contributed by atoms with Crippen molar-refractivity contribution in [1.29, 1.82) is 0 Å². The molecule has 1 aromatic carbocycles. The Kier molecular flexibility index (Phi) is 5.16. The molecule has 0 aliphatic rings. The van der Waals surface area contributed by atoms with Crippen LogP contribution in [-0.4, -0.2) is 34.4 Å². The predicted molar refractivity (Wildman–Crippen MR) is 85.7 cm³/mol. The van der Waals surface area contributed by atoms with Gasteiger partial charge in [0.05, 0.1) is 12.2 Å². The van der Waals surface area contributed by atoms with Crippen LogP contribution in [0.2, 0.25) is 0 Å². The molecule has 0 unspecified atom stereocenters. The maximum absolute atomic E-state index is 14.3. The van der Waals surface area contributed by atoms with Crippen LogP contribution >= 0.6 is 0 Å². The average molecular weight is 317 g/mol. The van der Waals surface area contributed by atoms with Crippen molar-refractivity contribution in [2.24, 2.45) is 11.7 Å². The van der Waals surface area contributed by atoms with Crippen LogP contribution in [0.25, 0.3) is 5.69 Å². The first-order valence-corrected chi connectivity index (χ1v) is 7.39. The van der Waals surface area contributed by atoms with Crippen LogP contribution < -0.4 is 5.73 Å².